The van der Waals surface area contributed by atoms with Gasteiger partial charge in [0.05, 0.1) is 5.69 Å². The van der Waals surface area contributed by atoms with Gasteiger partial charge in [-0.3, -0.25) is 0 Å². The van der Waals surface area contributed by atoms with E-state index in [2.05, 4.69) is 17.2 Å². The molecule has 0 saturated carbocycles. The minimum Gasteiger partial charge on any atom is -0.321 e. The van der Waals surface area contributed by atoms with Gasteiger partial charge in [-0.1, -0.05) is 24.3 Å². The Morgan fingerprint density at radius 3 is 2.84 bits per heavy atom. The maximum atomic E-state index is 13.3. The lowest BCUT2D eigenvalue weighted by molar-refractivity contribution is 0.628. The second kappa shape index (κ2) is 6.12. The Morgan fingerprint density at radius 2 is 2.21 bits per heavy atom. The van der Waals surface area contributed by atoms with Crippen molar-refractivity contribution in [1.82, 2.24) is 10.3 Å². The van der Waals surface area contributed by atoms with E-state index >= 15 is 0 Å². The van der Waals surface area contributed by atoms with Crippen LogP contribution in [0.3, 0.4) is 0 Å². The van der Waals surface area contributed by atoms with Crippen LogP contribution in [0.5, 0.6) is 0 Å². The molecule has 0 saturated heterocycles. The van der Waals surface area contributed by atoms with Crippen LogP contribution in [0.1, 0.15) is 17.5 Å². The molecule has 0 aliphatic rings. The van der Waals surface area contributed by atoms with E-state index in [0.29, 0.717) is 0 Å². The van der Waals surface area contributed by atoms with E-state index in [1.54, 1.807) is 17.4 Å². The molecule has 0 aliphatic heterocycles. The molecule has 1 heterocycles. The fourth-order valence-corrected chi connectivity index (χ4v) is 3.03. The minimum atomic E-state index is -0.230. The van der Waals surface area contributed by atoms with Crippen LogP contribution in [0.25, 0.3) is 0 Å². The Labute approximate surface area is 117 Å². The summed E-state index contributed by atoms with van der Waals surface area (Å²) in [6, 6.07) is 6.56. The van der Waals surface area contributed by atoms with E-state index in [0.717, 1.165) is 29.5 Å². The maximum absolute atomic E-state index is 13.3. The van der Waals surface area contributed by atoms with Gasteiger partial charge in [-0.15, -0.1) is 0 Å². The summed E-state index contributed by atoms with van der Waals surface area (Å²) in [7, 11) is 3.84. The zero-order chi connectivity index (χ0) is 13.8. The predicted octanol–water partition coefficient (Wildman–Crippen LogP) is 3.33. The number of rotatable bonds is 5. The van der Waals surface area contributed by atoms with Gasteiger partial charge in [0.1, 0.15) is 5.82 Å². The second-order valence-corrected chi connectivity index (χ2v) is 5.35. The molecule has 2 rings (SSSR count). The third-order valence-electron chi connectivity index (χ3n) is 2.92. The lowest BCUT2D eigenvalue weighted by atomic mass is 10.3. The van der Waals surface area contributed by atoms with E-state index in [1.165, 1.54) is 17.0 Å². The number of anilines is 2. The predicted molar refractivity (Wildman–Crippen MR) is 78.7 cm³/mol. The summed E-state index contributed by atoms with van der Waals surface area (Å²) in [5.74, 6) is -0.230. The smallest absolute Gasteiger partial charge is 0.190 e. The van der Waals surface area contributed by atoms with E-state index in [1.807, 2.05) is 25.1 Å². The van der Waals surface area contributed by atoms with Crippen molar-refractivity contribution < 1.29 is 4.39 Å². The molecule has 0 fully saturated rings. The van der Waals surface area contributed by atoms with Gasteiger partial charge in [-0.2, -0.15) is 0 Å². The average Bonchev–Trinajstić information content (AvgIpc) is 2.81. The molecular formula is C14H18FN3S. The third-order valence-corrected chi connectivity index (χ3v) is 4.10. The number of thiazole rings is 1. The van der Waals surface area contributed by atoms with Gasteiger partial charge in [-0.25, -0.2) is 9.37 Å². The first-order valence-corrected chi connectivity index (χ1v) is 7.09. The number of halogens is 1. The molecule has 0 aliphatic carbocycles. The van der Waals surface area contributed by atoms with Crippen molar-refractivity contribution in [3.63, 3.8) is 0 Å². The summed E-state index contributed by atoms with van der Waals surface area (Å²) in [5, 5.41) is 4.05. The second-order valence-electron chi connectivity index (χ2n) is 4.29. The molecular weight excluding hydrogens is 261 g/mol. The molecule has 0 unspecified atom stereocenters. The highest BCUT2D eigenvalue weighted by Gasteiger charge is 2.13. The van der Waals surface area contributed by atoms with Crippen molar-refractivity contribution in [2.45, 2.75) is 19.9 Å². The van der Waals surface area contributed by atoms with Gasteiger partial charge in [0.15, 0.2) is 5.13 Å². The zero-order valence-corrected chi connectivity index (χ0v) is 12.2. The normalized spacial score (nSPS) is 10.7. The van der Waals surface area contributed by atoms with Gasteiger partial charge in [-0.05, 0) is 31.7 Å². The molecule has 1 N–H and O–H groups in total. The largest absolute Gasteiger partial charge is 0.321 e. The Morgan fingerprint density at radius 1 is 1.42 bits per heavy atom. The molecule has 1 aromatic heterocycles. The highest BCUT2D eigenvalue weighted by Crippen LogP contribution is 2.31. The van der Waals surface area contributed by atoms with Crippen LogP contribution in [0.15, 0.2) is 24.3 Å². The third kappa shape index (κ3) is 3.11. The number of aromatic nitrogens is 1. The monoisotopic (exact) mass is 279 g/mol. The van der Waals surface area contributed by atoms with Gasteiger partial charge in [0.2, 0.25) is 0 Å². The highest BCUT2D eigenvalue weighted by molar-refractivity contribution is 7.15. The molecule has 0 amide bonds. The van der Waals surface area contributed by atoms with Crippen molar-refractivity contribution in [2.75, 3.05) is 19.0 Å². The number of aryl methyl sites for hydroxylation is 1. The van der Waals surface area contributed by atoms with Crippen molar-refractivity contribution in [1.29, 1.82) is 0 Å². The highest BCUT2D eigenvalue weighted by atomic mass is 32.1. The summed E-state index contributed by atoms with van der Waals surface area (Å²) < 4.78 is 13.3. The SMILES string of the molecule is CCc1nc(N(C)c2cccc(F)c2)sc1CNC. The minimum absolute atomic E-state index is 0.230. The lowest BCUT2D eigenvalue weighted by Gasteiger charge is -2.15. The Kier molecular flexibility index (Phi) is 4.50. The van der Waals surface area contributed by atoms with E-state index < -0.39 is 0 Å². The quantitative estimate of drug-likeness (QED) is 0.910. The lowest BCUT2D eigenvalue weighted by Crippen LogP contribution is -2.09. The summed E-state index contributed by atoms with van der Waals surface area (Å²) in [6.45, 7) is 2.91. The molecule has 0 atom stereocenters. The first-order valence-electron chi connectivity index (χ1n) is 6.28. The first-order chi connectivity index (χ1) is 9.15. The van der Waals surface area contributed by atoms with Crippen molar-refractivity contribution >= 4 is 22.2 Å². The molecule has 2 aromatic rings. The molecule has 5 heteroatoms. The topological polar surface area (TPSA) is 28.2 Å². The first kappa shape index (κ1) is 14.0. The fraction of sp³-hybridized carbons (Fsp3) is 0.357. The van der Waals surface area contributed by atoms with Crippen LogP contribution in [0.4, 0.5) is 15.2 Å². The summed E-state index contributed by atoms with van der Waals surface area (Å²) in [5.41, 5.74) is 1.92. The Hall–Kier alpha value is -1.46. The summed E-state index contributed by atoms with van der Waals surface area (Å²) in [4.78, 5) is 7.80. The molecule has 0 spiro atoms. The zero-order valence-electron chi connectivity index (χ0n) is 11.4. The van der Waals surface area contributed by atoms with Gasteiger partial charge in [0.25, 0.3) is 0 Å². The van der Waals surface area contributed by atoms with Crippen LogP contribution in [0, 0.1) is 5.82 Å². The van der Waals surface area contributed by atoms with Crippen LogP contribution in [0.2, 0.25) is 0 Å². The standard InChI is InChI=1S/C14H18FN3S/c1-4-12-13(9-16-2)19-14(17-12)18(3)11-7-5-6-10(15)8-11/h5-8,16H,4,9H2,1-3H3. The number of hydrogen-bond acceptors (Lipinski definition) is 4. The molecule has 1 aromatic carbocycles. The molecule has 19 heavy (non-hydrogen) atoms. The summed E-state index contributed by atoms with van der Waals surface area (Å²) in [6.07, 6.45) is 0.907. The van der Waals surface area contributed by atoms with Crippen molar-refractivity contribution in [3.8, 4) is 0 Å². The maximum Gasteiger partial charge on any atom is 0.190 e. The Bertz CT molecular complexity index is 553. The molecule has 0 bridgehead atoms. The van der Waals surface area contributed by atoms with E-state index in [9.17, 15) is 4.39 Å². The Balaban J connectivity index is 2.30. The summed E-state index contributed by atoms with van der Waals surface area (Å²) >= 11 is 1.65. The fourth-order valence-electron chi connectivity index (χ4n) is 1.88. The number of hydrogen-bond donors (Lipinski definition) is 1. The van der Waals surface area contributed by atoms with E-state index in [-0.39, 0.29) is 5.82 Å². The van der Waals surface area contributed by atoms with Crippen LogP contribution in [-0.2, 0) is 13.0 Å². The molecule has 102 valence electrons. The molecule has 0 radical (unpaired) electrons. The van der Waals surface area contributed by atoms with Gasteiger partial charge < -0.3 is 10.2 Å². The number of benzene rings is 1. The van der Waals surface area contributed by atoms with Crippen LogP contribution in [-0.4, -0.2) is 19.1 Å². The van der Waals surface area contributed by atoms with Crippen molar-refractivity contribution in [2.24, 2.45) is 0 Å². The van der Waals surface area contributed by atoms with Gasteiger partial charge >= 0.3 is 0 Å². The van der Waals surface area contributed by atoms with Crippen LogP contribution < -0.4 is 10.2 Å². The molecule has 3 nitrogen and oxygen atoms in total. The number of nitrogens with one attached hydrogen (secondary N) is 1. The van der Waals surface area contributed by atoms with Crippen LogP contribution >= 0.6 is 11.3 Å². The van der Waals surface area contributed by atoms with Gasteiger partial charge in [0, 0.05) is 24.2 Å². The van der Waals surface area contributed by atoms with E-state index in [4.69, 9.17) is 0 Å². The number of nitrogens with zero attached hydrogens (tertiary/aromatic N) is 2. The van der Waals surface area contributed by atoms with Crippen molar-refractivity contribution in [3.05, 3.63) is 40.7 Å². The average molecular weight is 279 g/mol.